The molecule has 1 amide bonds. The summed E-state index contributed by atoms with van der Waals surface area (Å²) in [5.41, 5.74) is 5.90. The van der Waals surface area contributed by atoms with Gasteiger partial charge in [0.1, 0.15) is 10.6 Å². The SMILES string of the molecule is COc1cc(C)sc1C(=O)N1CCC[C@@H](N)C1. The predicted octanol–water partition coefficient (Wildman–Crippen LogP) is 1.63. The van der Waals surface area contributed by atoms with Crippen LogP contribution < -0.4 is 10.5 Å². The molecule has 1 atom stereocenters. The van der Waals surface area contributed by atoms with Crippen molar-refractivity contribution in [3.8, 4) is 5.75 Å². The van der Waals surface area contributed by atoms with E-state index in [2.05, 4.69) is 0 Å². The number of nitrogens with zero attached hydrogens (tertiary/aromatic N) is 1. The molecule has 2 heterocycles. The molecule has 5 heteroatoms. The zero-order valence-electron chi connectivity index (χ0n) is 10.2. The van der Waals surface area contributed by atoms with E-state index >= 15 is 0 Å². The summed E-state index contributed by atoms with van der Waals surface area (Å²) in [5.74, 6) is 0.728. The maximum atomic E-state index is 12.3. The molecule has 0 bridgehead atoms. The van der Waals surface area contributed by atoms with Gasteiger partial charge in [0.25, 0.3) is 5.91 Å². The van der Waals surface area contributed by atoms with Crippen LogP contribution >= 0.6 is 11.3 Å². The maximum absolute atomic E-state index is 12.3. The van der Waals surface area contributed by atoms with E-state index < -0.39 is 0 Å². The second-order valence-corrected chi connectivity index (χ2v) is 5.66. The minimum atomic E-state index is 0.0510. The number of rotatable bonds is 2. The Morgan fingerprint density at radius 2 is 2.41 bits per heavy atom. The van der Waals surface area contributed by atoms with Gasteiger partial charge < -0.3 is 15.4 Å². The van der Waals surface area contributed by atoms with Crippen molar-refractivity contribution in [2.24, 2.45) is 5.73 Å². The normalized spacial score (nSPS) is 20.4. The van der Waals surface area contributed by atoms with Crippen LogP contribution in [0.3, 0.4) is 0 Å². The molecule has 0 radical (unpaired) electrons. The number of carbonyl (C=O) groups excluding carboxylic acids is 1. The number of aryl methyl sites for hydroxylation is 1. The topological polar surface area (TPSA) is 55.6 Å². The molecule has 1 fully saturated rings. The van der Waals surface area contributed by atoms with Crippen molar-refractivity contribution in [2.75, 3.05) is 20.2 Å². The second-order valence-electron chi connectivity index (χ2n) is 4.41. The van der Waals surface area contributed by atoms with Crippen molar-refractivity contribution in [3.63, 3.8) is 0 Å². The summed E-state index contributed by atoms with van der Waals surface area (Å²) in [4.78, 5) is 16.0. The van der Waals surface area contributed by atoms with E-state index in [1.165, 1.54) is 11.3 Å². The standard InChI is InChI=1S/C12H18N2O2S/c1-8-6-10(16-2)11(17-8)12(15)14-5-3-4-9(13)7-14/h6,9H,3-5,7,13H2,1-2H3/t9-/m1/s1. The summed E-state index contributed by atoms with van der Waals surface area (Å²) in [6, 6.07) is 2.02. The third-order valence-electron chi connectivity index (χ3n) is 2.98. The molecule has 2 rings (SSSR count). The molecular weight excluding hydrogens is 236 g/mol. The van der Waals surface area contributed by atoms with Gasteiger partial charge in [-0.05, 0) is 25.8 Å². The van der Waals surface area contributed by atoms with Crippen molar-refractivity contribution in [1.29, 1.82) is 0 Å². The molecule has 1 aliphatic heterocycles. The molecule has 1 aromatic rings. The molecule has 1 aliphatic rings. The Bertz CT molecular complexity index is 417. The predicted molar refractivity (Wildman–Crippen MR) is 68.7 cm³/mol. The van der Waals surface area contributed by atoms with Crippen LogP contribution in [0.1, 0.15) is 27.4 Å². The molecule has 0 unspecified atom stereocenters. The molecule has 1 saturated heterocycles. The van der Waals surface area contributed by atoms with E-state index in [4.69, 9.17) is 10.5 Å². The average Bonchev–Trinajstić information content (AvgIpc) is 2.69. The summed E-state index contributed by atoms with van der Waals surface area (Å²) in [7, 11) is 1.60. The highest BCUT2D eigenvalue weighted by atomic mass is 32.1. The Hall–Kier alpha value is -1.07. The third-order valence-corrected chi connectivity index (χ3v) is 4.00. The van der Waals surface area contributed by atoms with E-state index in [1.54, 1.807) is 7.11 Å². The number of piperidine rings is 1. The highest BCUT2D eigenvalue weighted by Crippen LogP contribution is 2.30. The van der Waals surface area contributed by atoms with Gasteiger partial charge in [-0.15, -0.1) is 11.3 Å². The number of likely N-dealkylation sites (tertiary alicyclic amines) is 1. The number of methoxy groups -OCH3 is 1. The Morgan fingerprint density at radius 1 is 1.65 bits per heavy atom. The van der Waals surface area contributed by atoms with Crippen LogP contribution in [0.15, 0.2) is 6.07 Å². The van der Waals surface area contributed by atoms with Crippen molar-refractivity contribution in [2.45, 2.75) is 25.8 Å². The molecule has 0 spiro atoms. The minimum absolute atomic E-state index is 0.0510. The van der Waals surface area contributed by atoms with Crippen LogP contribution in [-0.2, 0) is 0 Å². The van der Waals surface area contributed by atoms with Crippen LogP contribution in [0, 0.1) is 6.92 Å². The molecule has 17 heavy (non-hydrogen) atoms. The van der Waals surface area contributed by atoms with Crippen LogP contribution in [0.4, 0.5) is 0 Å². The first-order valence-corrected chi connectivity index (χ1v) is 6.62. The number of ether oxygens (including phenoxy) is 1. The quantitative estimate of drug-likeness (QED) is 0.872. The Balaban J connectivity index is 2.18. The highest BCUT2D eigenvalue weighted by Gasteiger charge is 2.25. The van der Waals surface area contributed by atoms with Crippen molar-refractivity contribution >= 4 is 17.2 Å². The Kier molecular flexibility index (Phi) is 3.69. The van der Waals surface area contributed by atoms with Crippen LogP contribution in [0.5, 0.6) is 5.75 Å². The largest absolute Gasteiger partial charge is 0.495 e. The molecule has 4 nitrogen and oxygen atoms in total. The lowest BCUT2D eigenvalue weighted by molar-refractivity contribution is 0.0710. The Labute approximate surface area is 105 Å². The van der Waals surface area contributed by atoms with Crippen molar-refractivity contribution < 1.29 is 9.53 Å². The van der Waals surface area contributed by atoms with Crippen LogP contribution in [0.2, 0.25) is 0 Å². The van der Waals surface area contributed by atoms with Gasteiger partial charge in [-0.2, -0.15) is 0 Å². The van der Waals surface area contributed by atoms with Crippen LogP contribution in [0.25, 0.3) is 0 Å². The second kappa shape index (κ2) is 5.06. The minimum Gasteiger partial charge on any atom is -0.495 e. The molecule has 1 aromatic heterocycles. The fourth-order valence-corrected chi connectivity index (χ4v) is 3.08. The van der Waals surface area contributed by atoms with Gasteiger partial charge in [-0.1, -0.05) is 0 Å². The van der Waals surface area contributed by atoms with Gasteiger partial charge in [-0.3, -0.25) is 4.79 Å². The highest BCUT2D eigenvalue weighted by molar-refractivity contribution is 7.14. The number of hydrogen-bond acceptors (Lipinski definition) is 4. The van der Waals surface area contributed by atoms with E-state index in [9.17, 15) is 4.79 Å². The summed E-state index contributed by atoms with van der Waals surface area (Å²) in [6.07, 6.45) is 1.99. The fraction of sp³-hybridized carbons (Fsp3) is 0.583. The third kappa shape index (κ3) is 2.61. The molecule has 2 N–H and O–H groups in total. The molecular formula is C12H18N2O2S. The Morgan fingerprint density at radius 3 is 3.06 bits per heavy atom. The lowest BCUT2D eigenvalue weighted by Gasteiger charge is -2.30. The van der Waals surface area contributed by atoms with E-state index in [0.717, 1.165) is 24.3 Å². The summed E-state index contributed by atoms with van der Waals surface area (Å²) >= 11 is 1.48. The summed E-state index contributed by atoms with van der Waals surface area (Å²) in [5, 5.41) is 0. The zero-order chi connectivity index (χ0) is 12.4. The lowest BCUT2D eigenvalue weighted by atomic mass is 10.1. The number of hydrogen-bond donors (Lipinski definition) is 1. The van der Waals surface area contributed by atoms with Gasteiger partial charge in [-0.25, -0.2) is 0 Å². The molecule has 0 saturated carbocycles. The molecule has 0 aromatic carbocycles. The number of nitrogens with two attached hydrogens (primary N) is 1. The first kappa shape index (κ1) is 12.4. The van der Waals surface area contributed by atoms with Gasteiger partial charge in [0.05, 0.1) is 7.11 Å². The lowest BCUT2D eigenvalue weighted by Crippen LogP contribution is -2.45. The smallest absolute Gasteiger partial charge is 0.267 e. The van der Waals surface area contributed by atoms with E-state index in [0.29, 0.717) is 17.2 Å². The molecule has 94 valence electrons. The van der Waals surface area contributed by atoms with Crippen molar-refractivity contribution in [1.82, 2.24) is 4.90 Å². The number of carbonyl (C=O) groups is 1. The first-order valence-electron chi connectivity index (χ1n) is 5.81. The first-order chi connectivity index (χ1) is 8.11. The van der Waals surface area contributed by atoms with Crippen molar-refractivity contribution in [3.05, 3.63) is 15.8 Å². The average molecular weight is 254 g/mol. The summed E-state index contributed by atoms with van der Waals surface area (Å²) < 4.78 is 5.24. The van der Waals surface area contributed by atoms with Gasteiger partial charge in [0.15, 0.2) is 0 Å². The maximum Gasteiger partial charge on any atom is 0.267 e. The monoisotopic (exact) mass is 254 g/mol. The van der Waals surface area contributed by atoms with Gasteiger partial charge in [0, 0.05) is 24.0 Å². The van der Waals surface area contributed by atoms with E-state index in [1.807, 2.05) is 17.9 Å². The van der Waals surface area contributed by atoms with Gasteiger partial charge >= 0.3 is 0 Å². The molecule has 0 aliphatic carbocycles. The zero-order valence-corrected chi connectivity index (χ0v) is 11.0. The summed E-state index contributed by atoms with van der Waals surface area (Å²) in [6.45, 7) is 3.43. The van der Waals surface area contributed by atoms with Crippen LogP contribution in [-0.4, -0.2) is 37.0 Å². The number of thiophene rings is 1. The number of amides is 1. The van der Waals surface area contributed by atoms with Gasteiger partial charge in [0.2, 0.25) is 0 Å². The fourth-order valence-electron chi connectivity index (χ4n) is 2.13. The van der Waals surface area contributed by atoms with E-state index in [-0.39, 0.29) is 11.9 Å².